The van der Waals surface area contributed by atoms with Gasteiger partial charge in [0.2, 0.25) is 11.8 Å². The highest BCUT2D eigenvalue weighted by Gasteiger charge is 2.32. The van der Waals surface area contributed by atoms with Crippen molar-refractivity contribution in [3.63, 3.8) is 0 Å². The molecule has 3 aromatic carbocycles. The van der Waals surface area contributed by atoms with Gasteiger partial charge < -0.3 is 10.2 Å². The van der Waals surface area contributed by atoms with Gasteiger partial charge in [-0.25, -0.2) is 0 Å². The Bertz CT molecular complexity index is 1220. The lowest BCUT2D eigenvalue weighted by Crippen LogP contribution is -2.52. The molecule has 1 atom stereocenters. The average molecular weight is 525 g/mol. The molecule has 0 aromatic heterocycles. The first kappa shape index (κ1) is 28.6. The number of amides is 2. The molecule has 1 N–H and O–H groups in total. The molecule has 1 aliphatic rings. The third-order valence-corrected chi connectivity index (χ3v) is 8.02. The molecule has 0 bridgehead atoms. The Morgan fingerprint density at radius 1 is 0.872 bits per heavy atom. The number of rotatable bonds is 10. The van der Waals surface area contributed by atoms with E-state index in [0.29, 0.717) is 25.8 Å². The lowest BCUT2D eigenvalue weighted by molar-refractivity contribution is -0.141. The standard InChI is InChI=1S/C35H44N2O2/c1-26-12-8-9-15-29(26)25-37(33(38)23-20-27-18-21-30(22-19-27)35(2,3)4)32(24-28-13-6-5-7-14-28)34(39)36-31-16-10-11-17-31/h5-9,12-15,18-19,21-22,31-32H,10-11,16-17,20,23-25H2,1-4H3,(H,36,39). The number of carbonyl (C=O) groups excluding carboxylic acids is 2. The number of carbonyl (C=O) groups is 2. The highest BCUT2D eigenvalue weighted by molar-refractivity contribution is 5.88. The summed E-state index contributed by atoms with van der Waals surface area (Å²) in [7, 11) is 0. The fraction of sp³-hybridized carbons (Fsp3) is 0.429. The van der Waals surface area contributed by atoms with Crippen LogP contribution in [-0.2, 0) is 34.4 Å². The van der Waals surface area contributed by atoms with Gasteiger partial charge in [-0.1, -0.05) is 112 Å². The van der Waals surface area contributed by atoms with E-state index in [-0.39, 0.29) is 23.3 Å². The summed E-state index contributed by atoms with van der Waals surface area (Å²) in [6, 6.07) is 26.5. The second kappa shape index (κ2) is 13.1. The van der Waals surface area contributed by atoms with Gasteiger partial charge in [0.15, 0.2) is 0 Å². The first-order valence-electron chi connectivity index (χ1n) is 14.5. The minimum absolute atomic E-state index is 0.0145. The Kier molecular flexibility index (Phi) is 9.61. The molecule has 4 heteroatoms. The van der Waals surface area contributed by atoms with Gasteiger partial charge in [-0.2, -0.15) is 0 Å². The van der Waals surface area contributed by atoms with Crippen LogP contribution in [0.5, 0.6) is 0 Å². The van der Waals surface area contributed by atoms with E-state index in [1.54, 1.807) is 0 Å². The van der Waals surface area contributed by atoms with Crippen LogP contribution in [0.15, 0.2) is 78.9 Å². The summed E-state index contributed by atoms with van der Waals surface area (Å²) in [5.41, 5.74) is 5.78. The first-order chi connectivity index (χ1) is 18.7. The van der Waals surface area contributed by atoms with Crippen LogP contribution in [0.25, 0.3) is 0 Å². The van der Waals surface area contributed by atoms with E-state index in [4.69, 9.17) is 0 Å². The van der Waals surface area contributed by atoms with Crippen molar-refractivity contribution in [3.05, 3.63) is 107 Å². The number of aryl methyl sites for hydroxylation is 2. The molecule has 1 unspecified atom stereocenters. The van der Waals surface area contributed by atoms with Gasteiger partial charge in [0, 0.05) is 25.4 Å². The number of nitrogens with zero attached hydrogens (tertiary/aromatic N) is 1. The van der Waals surface area contributed by atoms with Gasteiger partial charge in [-0.05, 0) is 59.4 Å². The van der Waals surface area contributed by atoms with Crippen LogP contribution in [0, 0.1) is 6.92 Å². The Balaban J connectivity index is 1.59. The van der Waals surface area contributed by atoms with Crippen LogP contribution in [0.3, 0.4) is 0 Å². The van der Waals surface area contributed by atoms with Crippen LogP contribution in [0.4, 0.5) is 0 Å². The van der Waals surface area contributed by atoms with E-state index in [1.807, 2.05) is 47.4 Å². The summed E-state index contributed by atoms with van der Waals surface area (Å²) < 4.78 is 0. The molecule has 0 aliphatic heterocycles. The van der Waals surface area contributed by atoms with Crippen LogP contribution in [0.1, 0.15) is 80.7 Å². The second-order valence-corrected chi connectivity index (χ2v) is 12.1. The van der Waals surface area contributed by atoms with Crippen LogP contribution in [-0.4, -0.2) is 28.8 Å². The minimum Gasteiger partial charge on any atom is -0.352 e. The molecular formula is C35H44N2O2. The quantitative estimate of drug-likeness (QED) is 0.313. The molecule has 1 fully saturated rings. The monoisotopic (exact) mass is 524 g/mol. The van der Waals surface area contributed by atoms with E-state index >= 15 is 0 Å². The molecule has 0 spiro atoms. The molecule has 4 nitrogen and oxygen atoms in total. The van der Waals surface area contributed by atoms with Gasteiger partial charge in [0.1, 0.15) is 6.04 Å². The SMILES string of the molecule is Cc1ccccc1CN(C(=O)CCc1ccc(C(C)(C)C)cc1)C(Cc1ccccc1)C(=O)NC1CCCC1. The van der Waals surface area contributed by atoms with Crippen LogP contribution < -0.4 is 5.32 Å². The largest absolute Gasteiger partial charge is 0.352 e. The number of hydrogen-bond acceptors (Lipinski definition) is 2. The Morgan fingerprint density at radius 3 is 2.15 bits per heavy atom. The Hall–Kier alpha value is -3.40. The molecule has 3 aromatic rings. The number of nitrogens with one attached hydrogen (secondary N) is 1. The van der Waals surface area contributed by atoms with Crippen molar-refractivity contribution in [3.8, 4) is 0 Å². The predicted molar refractivity (Wildman–Crippen MR) is 160 cm³/mol. The predicted octanol–water partition coefficient (Wildman–Crippen LogP) is 6.92. The highest BCUT2D eigenvalue weighted by Crippen LogP contribution is 2.24. The maximum atomic E-state index is 14.0. The van der Waals surface area contributed by atoms with Crippen molar-refractivity contribution in [1.29, 1.82) is 0 Å². The normalized spacial score (nSPS) is 14.7. The van der Waals surface area contributed by atoms with Gasteiger partial charge in [-0.15, -0.1) is 0 Å². The Labute approximate surface area is 234 Å². The maximum absolute atomic E-state index is 14.0. The molecule has 0 saturated heterocycles. The lowest BCUT2D eigenvalue weighted by Gasteiger charge is -2.33. The highest BCUT2D eigenvalue weighted by atomic mass is 16.2. The maximum Gasteiger partial charge on any atom is 0.243 e. The molecule has 1 saturated carbocycles. The summed E-state index contributed by atoms with van der Waals surface area (Å²) in [6.07, 6.45) is 5.83. The molecule has 206 valence electrons. The molecule has 0 radical (unpaired) electrons. The van der Waals surface area contributed by atoms with Crippen molar-refractivity contribution in [2.24, 2.45) is 0 Å². The van der Waals surface area contributed by atoms with E-state index in [0.717, 1.165) is 47.9 Å². The molecule has 39 heavy (non-hydrogen) atoms. The fourth-order valence-electron chi connectivity index (χ4n) is 5.46. The van der Waals surface area contributed by atoms with Gasteiger partial charge in [0.25, 0.3) is 0 Å². The van der Waals surface area contributed by atoms with Crippen molar-refractivity contribution >= 4 is 11.8 Å². The van der Waals surface area contributed by atoms with Crippen molar-refractivity contribution < 1.29 is 9.59 Å². The average Bonchev–Trinajstić information content (AvgIpc) is 3.43. The smallest absolute Gasteiger partial charge is 0.243 e. The molecule has 1 aliphatic carbocycles. The third kappa shape index (κ3) is 8.05. The van der Waals surface area contributed by atoms with E-state index in [1.165, 1.54) is 5.56 Å². The minimum atomic E-state index is -0.566. The number of hydrogen-bond donors (Lipinski definition) is 1. The number of benzene rings is 3. The van der Waals surface area contributed by atoms with Crippen molar-refractivity contribution in [2.45, 2.75) is 96.7 Å². The zero-order chi connectivity index (χ0) is 27.8. The fourth-order valence-corrected chi connectivity index (χ4v) is 5.46. The molecule has 2 amide bonds. The van der Waals surface area contributed by atoms with E-state index in [9.17, 15) is 9.59 Å². The summed E-state index contributed by atoms with van der Waals surface area (Å²) in [6.45, 7) is 9.11. The summed E-state index contributed by atoms with van der Waals surface area (Å²) in [5.74, 6) is -0.0251. The summed E-state index contributed by atoms with van der Waals surface area (Å²) >= 11 is 0. The van der Waals surface area contributed by atoms with Crippen molar-refractivity contribution in [1.82, 2.24) is 10.2 Å². The second-order valence-electron chi connectivity index (χ2n) is 12.1. The van der Waals surface area contributed by atoms with Crippen molar-refractivity contribution in [2.75, 3.05) is 0 Å². The van der Waals surface area contributed by atoms with Gasteiger partial charge in [0.05, 0.1) is 0 Å². The van der Waals surface area contributed by atoms with E-state index in [2.05, 4.69) is 69.4 Å². The van der Waals surface area contributed by atoms with Crippen LogP contribution >= 0.6 is 0 Å². The molecule has 4 rings (SSSR count). The first-order valence-corrected chi connectivity index (χ1v) is 14.5. The zero-order valence-corrected chi connectivity index (χ0v) is 24.1. The summed E-state index contributed by atoms with van der Waals surface area (Å²) in [4.78, 5) is 29.6. The Morgan fingerprint density at radius 2 is 1.51 bits per heavy atom. The van der Waals surface area contributed by atoms with Gasteiger partial charge in [-0.3, -0.25) is 9.59 Å². The lowest BCUT2D eigenvalue weighted by atomic mass is 9.86. The third-order valence-electron chi connectivity index (χ3n) is 8.02. The van der Waals surface area contributed by atoms with Gasteiger partial charge >= 0.3 is 0 Å². The topological polar surface area (TPSA) is 49.4 Å². The van der Waals surface area contributed by atoms with E-state index < -0.39 is 6.04 Å². The van der Waals surface area contributed by atoms with Crippen LogP contribution in [0.2, 0.25) is 0 Å². The molecule has 0 heterocycles. The zero-order valence-electron chi connectivity index (χ0n) is 24.1. The molecular weight excluding hydrogens is 480 g/mol. The summed E-state index contributed by atoms with van der Waals surface area (Å²) in [5, 5.41) is 3.30.